The Bertz CT molecular complexity index is 488. The molecule has 0 radical (unpaired) electrons. The molecule has 0 amide bonds. The Morgan fingerprint density at radius 1 is 1.37 bits per heavy atom. The second-order valence-electron chi connectivity index (χ2n) is 5.78. The van der Waals surface area contributed by atoms with Gasteiger partial charge < -0.3 is 5.32 Å². The monoisotopic (exact) mass is 288 g/mol. The maximum atomic E-state index is 12.0. The van der Waals surface area contributed by atoms with Crippen LogP contribution in [-0.2, 0) is 16.6 Å². The third-order valence-electron chi connectivity index (χ3n) is 2.53. The number of nitrogens with zero attached hydrogens (tertiary/aromatic N) is 2. The third kappa shape index (κ3) is 5.71. The Balaban J connectivity index is 2.64. The first-order valence-electron chi connectivity index (χ1n) is 6.41. The average molecular weight is 288 g/mol. The summed E-state index contributed by atoms with van der Waals surface area (Å²) in [6.07, 6.45) is 3.87. The first-order chi connectivity index (χ1) is 8.74. The molecule has 0 saturated heterocycles. The molecule has 0 spiro atoms. The zero-order valence-corrected chi connectivity index (χ0v) is 12.9. The molecule has 1 rings (SSSR count). The van der Waals surface area contributed by atoms with Gasteiger partial charge in [-0.25, -0.2) is 13.1 Å². The van der Waals surface area contributed by atoms with Crippen LogP contribution in [0.1, 0.15) is 27.2 Å². The SMILES string of the molecule is CNCCCn1cc(S(=O)(=O)NCC(C)(C)C)cn1. The van der Waals surface area contributed by atoms with Crippen LogP contribution in [0.15, 0.2) is 17.3 Å². The first kappa shape index (κ1) is 16.1. The van der Waals surface area contributed by atoms with Gasteiger partial charge in [0.2, 0.25) is 10.0 Å². The minimum absolute atomic E-state index is 0.0874. The molecule has 0 atom stereocenters. The van der Waals surface area contributed by atoms with E-state index in [2.05, 4.69) is 15.1 Å². The van der Waals surface area contributed by atoms with Crippen molar-refractivity contribution >= 4 is 10.0 Å². The number of rotatable bonds is 7. The molecule has 7 heteroatoms. The molecule has 6 nitrogen and oxygen atoms in total. The van der Waals surface area contributed by atoms with Crippen molar-refractivity contribution in [3.05, 3.63) is 12.4 Å². The topological polar surface area (TPSA) is 76.0 Å². The summed E-state index contributed by atoms with van der Waals surface area (Å²) in [6, 6.07) is 0. The molecule has 0 bridgehead atoms. The van der Waals surface area contributed by atoms with Crippen LogP contribution >= 0.6 is 0 Å². The molecule has 19 heavy (non-hydrogen) atoms. The van der Waals surface area contributed by atoms with Crippen LogP contribution in [0.2, 0.25) is 0 Å². The lowest BCUT2D eigenvalue weighted by molar-refractivity contribution is 0.407. The molecule has 0 aliphatic carbocycles. The number of hydrogen-bond acceptors (Lipinski definition) is 4. The van der Waals surface area contributed by atoms with E-state index in [0.717, 1.165) is 13.0 Å². The second-order valence-corrected chi connectivity index (χ2v) is 7.55. The highest BCUT2D eigenvalue weighted by Gasteiger charge is 2.19. The maximum Gasteiger partial charge on any atom is 0.243 e. The van der Waals surface area contributed by atoms with E-state index in [4.69, 9.17) is 0 Å². The zero-order valence-electron chi connectivity index (χ0n) is 12.1. The standard InChI is InChI=1S/C12H24N4O2S/c1-12(2,3)10-15-19(17,18)11-8-14-16(9-11)7-5-6-13-4/h8-9,13,15H,5-7,10H2,1-4H3. The lowest BCUT2D eigenvalue weighted by atomic mass is 9.98. The molecular formula is C12H24N4O2S. The Labute approximate surface area is 115 Å². The number of nitrogens with one attached hydrogen (secondary N) is 2. The molecule has 0 saturated carbocycles. The molecule has 1 aromatic rings. The van der Waals surface area contributed by atoms with Gasteiger partial charge in [-0.3, -0.25) is 4.68 Å². The van der Waals surface area contributed by atoms with Crippen LogP contribution in [0.5, 0.6) is 0 Å². The largest absolute Gasteiger partial charge is 0.320 e. The van der Waals surface area contributed by atoms with E-state index in [-0.39, 0.29) is 10.3 Å². The van der Waals surface area contributed by atoms with Crippen molar-refractivity contribution in [1.29, 1.82) is 0 Å². The molecule has 1 heterocycles. The summed E-state index contributed by atoms with van der Waals surface area (Å²) in [5, 5.41) is 7.11. The van der Waals surface area contributed by atoms with Gasteiger partial charge in [0.05, 0.1) is 6.20 Å². The van der Waals surface area contributed by atoms with E-state index in [1.54, 1.807) is 10.9 Å². The summed E-state index contributed by atoms with van der Waals surface area (Å²) >= 11 is 0. The fraction of sp³-hybridized carbons (Fsp3) is 0.750. The van der Waals surface area contributed by atoms with Gasteiger partial charge >= 0.3 is 0 Å². The minimum Gasteiger partial charge on any atom is -0.320 e. The molecule has 2 N–H and O–H groups in total. The molecule has 0 aliphatic heterocycles. The summed E-state index contributed by atoms with van der Waals surface area (Å²) in [5.41, 5.74) is -0.0874. The minimum atomic E-state index is -3.45. The molecule has 1 aromatic heterocycles. The van der Waals surface area contributed by atoms with E-state index in [1.165, 1.54) is 6.20 Å². The lowest BCUT2D eigenvalue weighted by Crippen LogP contribution is -2.32. The highest BCUT2D eigenvalue weighted by molar-refractivity contribution is 7.89. The van der Waals surface area contributed by atoms with Gasteiger partial charge in [0.25, 0.3) is 0 Å². The van der Waals surface area contributed by atoms with Gasteiger partial charge in [-0.05, 0) is 25.4 Å². The van der Waals surface area contributed by atoms with Gasteiger partial charge in [-0.15, -0.1) is 0 Å². The van der Waals surface area contributed by atoms with Crippen molar-refractivity contribution in [2.45, 2.75) is 38.6 Å². The summed E-state index contributed by atoms with van der Waals surface area (Å²) in [6.45, 7) is 7.93. The molecular weight excluding hydrogens is 264 g/mol. The van der Waals surface area contributed by atoms with Crippen molar-refractivity contribution in [3.8, 4) is 0 Å². The van der Waals surface area contributed by atoms with Gasteiger partial charge in [0.15, 0.2) is 0 Å². The van der Waals surface area contributed by atoms with Crippen LogP contribution < -0.4 is 10.0 Å². The number of sulfonamides is 1. The molecule has 0 unspecified atom stereocenters. The Hall–Kier alpha value is -0.920. The van der Waals surface area contributed by atoms with Crippen molar-refractivity contribution in [2.75, 3.05) is 20.1 Å². The van der Waals surface area contributed by atoms with E-state index in [1.807, 2.05) is 27.8 Å². The van der Waals surface area contributed by atoms with Crippen LogP contribution in [0.3, 0.4) is 0 Å². The summed E-state index contributed by atoms with van der Waals surface area (Å²) in [5.74, 6) is 0. The van der Waals surface area contributed by atoms with Crippen molar-refractivity contribution in [1.82, 2.24) is 19.8 Å². The average Bonchev–Trinajstić information content (AvgIpc) is 2.76. The summed E-state index contributed by atoms with van der Waals surface area (Å²) in [7, 11) is -1.57. The van der Waals surface area contributed by atoms with Crippen molar-refractivity contribution in [3.63, 3.8) is 0 Å². The number of aromatic nitrogens is 2. The van der Waals surface area contributed by atoms with Crippen LogP contribution in [-0.4, -0.2) is 38.3 Å². The number of aryl methyl sites for hydroxylation is 1. The van der Waals surface area contributed by atoms with Gasteiger partial charge in [-0.2, -0.15) is 5.10 Å². The predicted octanol–water partition coefficient (Wildman–Crippen LogP) is 0.817. The first-order valence-corrected chi connectivity index (χ1v) is 7.90. The van der Waals surface area contributed by atoms with Gasteiger partial charge in [0, 0.05) is 19.3 Å². The third-order valence-corrected chi connectivity index (χ3v) is 3.88. The highest BCUT2D eigenvalue weighted by atomic mass is 32.2. The quantitative estimate of drug-likeness (QED) is 0.728. The van der Waals surface area contributed by atoms with Gasteiger partial charge in [0.1, 0.15) is 4.90 Å². The Morgan fingerprint density at radius 3 is 2.63 bits per heavy atom. The number of hydrogen-bond donors (Lipinski definition) is 2. The van der Waals surface area contributed by atoms with Crippen LogP contribution in [0.25, 0.3) is 0 Å². The fourth-order valence-electron chi connectivity index (χ4n) is 1.42. The van der Waals surface area contributed by atoms with Crippen molar-refractivity contribution < 1.29 is 8.42 Å². The van der Waals surface area contributed by atoms with Crippen LogP contribution in [0.4, 0.5) is 0 Å². The molecule has 0 aromatic carbocycles. The smallest absolute Gasteiger partial charge is 0.243 e. The van der Waals surface area contributed by atoms with Gasteiger partial charge in [-0.1, -0.05) is 20.8 Å². The molecule has 110 valence electrons. The summed E-state index contributed by atoms with van der Waals surface area (Å²) in [4.78, 5) is 0.223. The fourth-order valence-corrected chi connectivity index (χ4v) is 2.65. The van der Waals surface area contributed by atoms with E-state index >= 15 is 0 Å². The molecule has 0 aliphatic rings. The highest BCUT2D eigenvalue weighted by Crippen LogP contribution is 2.13. The second kappa shape index (κ2) is 6.49. The predicted molar refractivity (Wildman–Crippen MR) is 75.4 cm³/mol. The Kier molecular flexibility index (Phi) is 5.51. The zero-order chi connectivity index (χ0) is 14.5. The van der Waals surface area contributed by atoms with E-state index in [0.29, 0.717) is 13.1 Å². The molecule has 0 fully saturated rings. The van der Waals surface area contributed by atoms with E-state index in [9.17, 15) is 8.42 Å². The van der Waals surface area contributed by atoms with E-state index < -0.39 is 10.0 Å². The van der Waals surface area contributed by atoms with Crippen LogP contribution in [0, 0.1) is 5.41 Å². The summed E-state index contributed by atoms with van der Waals surface area (Å²) < 4.78 is 28.3. The maximum absolute atomic E-state index is 12.0. The van der Waals surface area contributed by atoms with Crippen molar-refractivity contribution in [2.24, 2.45) is 5.41 Å². The lowest BCUT2D eigenvalue weighted by Gasteiger charge is -2.18. The Morgan fingerprint density at radius 2 is 2.05 bits per heavy atom. The normalized spacial score (nSPS) is 12.8.